The molecule has 0 N–H and O–H groups in total. The molecule has 1 aromatic rings. The van der Waals surface area contributed by atoms with E-state index in [9.17, 15) is 4.79 Å². The van der Waals surface area contributed by atoms with Crippen LogP contribution in [0.3, 0.4) is 0 Å². The SMILES string of the molecule is O=C1C=CN=Cc2ccccc2C1. The molecule has 1 heterocycles. The molecule has 0 atom stereocenters. The number of benzene rings is 1. The van der Waals surface area contributed by atoms with Crippen molar-refractivity contribution >= 4 is 12.0 Å². The van der Waals surface area contributed by atoms with Crippen LogP contribution >= 0.6 is 0 Å². The van der Waals surface area contributed by atoms with Gasteiger partial charge in [-0.2, -0.15) is 0 Å². The molecule has 0 saturated carbocycles. The van der Waals surface area contributed by atoms with E-state index in [-0.39, 0.29) is 5.78 Å². The molecule has 0 amide bonds. The Morgan fingerprint density at radius 3 is 3.00 bits per heavy atom. The zero-order valence-electron chi connectivity index (χ0n) is 7.10. The Kier molecular flexibility index (Phi) is 2.04. The standard InChI is InChI=1S/C11H9NO/c13-11-5-6-12-8-10-4-2-1-3-9(10)7-11/h1-6,8H,7H2. The third kappa shape index (κ3) is 1.72. The molecule has 0 aromatic heterocycles. The first-order chi connectivity index (χ1) is 6.36. The summed E-state index contributed by atoms with van der Waals surface area (Å²) >= 11 is 0. The molecule has 0 spiro atoms. The van der Waals surface area contributed by atoms with Crippen LogP contribution < -0.4 is 0 Å². The van der Waals surface area contributed by atoms with E-state index in [2.05, 4.69) is 4.99 Å². The second-order valence-corrected chi connectivity index (χ2v) is 2.94. The van der Waals surface area contributed by atoms with Gasteiger partial charge in [0.25, 0.3) is 0 Å². The lowest BCUT2D eigenvalue weighted by atomic mass is 10.0. The van der Waals surface area contributed by atoms with E-state index < -0.39 is 0 Å². The molecule has 64 valence electrons. The van der Waals surface area contributed by atoms with Gasteiger partial charge in [-0.25, -0.2) is 0 Å². The number of allylic oxidation sites excluding steroid dienone is 1. The topological polar surface area (TPSA) is 29.4 Å². The van der Waals surface area contributed by atoms with Gasteiger partial charge >= 0.3 is 0 Å². The Morgan fingerprint density at radius 1 is 1.23 bits per heavy atom. The van der Waals surface area contributed by atoms with Crippen LogP contribution in [0.4, 0.5) is 0 Å². The minimum Gasteiger partial charge on any atom is -0.294 e. The van der Waals surface area contributed by atoms with Gasteiger partial charge in [0.2, 0.25) is 0 Å². The summed E-state index contributed by atoms with van der Waals surface area (Å²) in [4.78, 5) is 15.2. The fraction of sp³-hybridized carbons (Fsp3) is 0.0909. The lowest BCUT2D eigenvalue weighted by Gasteiger charge is -2.03. The van der Waals surface area contributed by atoms with Crippen molar-refractivity contribution in [1.82, 2.24) is 0 Å². The van der Waals surface area contributed by atoms with Crippen molar-refractivity contribution in [3.63, 3.8) is 0 Å². The monoisotopic (exact) mass is 171 g/mol. The number of nitrogens with zero attached hydrogens (tertiary/aromatic N) is 1. The predicted molar refractivity (Wildman–Crippen MR) is 51.9 cm³/mol. The zero-order chi connectivity index (χ0) is 9.10. The van der Waals surface area contributed by atoms with E-state index in [1.807, 2.05) is 24.3 Å². The maximum Gasteiger partial charge on any atom is 0.161 e. The Balaban J connectivity index is 2.49. The third-order valence-electron chi connectivity index (χ3n) is 1.98. The average Bonchev–Trinajstić information content (AvgIpc) is 2.11. The summed E-state index contributed by atoms with van der Waals surface area (Å²) in [5.74, 6) is 0.101. The Labute approximate surface area is 76.6 Å². The van der Waals surface area contributed by atoms with Gasteiger partial charge in [0, 0.05) is 18.8 Å². The molecule has 0 bridgehead atoms. The first-order valence-electron chi connectivity index (χ1n) is 4.17. The zero-order valence-corrected chi connectivity index (χ0v) is 7.10. The van der Waals surface area contributed by atoms with Crippen LogP contribution in [-0.2, 0) is 11.2 Å². The van der Waals surface area contributed by atoms with Gasteiger partial charge < -0.3 is 0 Å². The fourth-order valence-electron chi connectivity index (χ4n) is 1.32. The van der Waals surface area contributed by atoms with Crippen molar-refractivity contribution in [2.75, 3.05) is 0 Å². The minimum atomic E-state index is 0.101. The van der Waals surface area contributed by atoms with Crippen LogP contribution in [0.25, 0.3) is 0 Å². The summed E-state index contributed by atoms with van der Waals surface area (Å²) in [6, 6.07) is 7.80. The highest BCUT2D eigenvalue weighted by atomic mass is 16.1. The van der Waals surface area contributed by atoms with Crippen LogP contribution in [-0.4, -0.2) is 12.0 Å². The maximum absolute atomic E-state index is 11.2. The van der Waals surface area contributed by atoms with Crippen LogP contribution in [0, 0.1) is 0 Å². The Hall–Kier alpha value is -1.70. The summed E-state index contributed by atoms with van der Waals surface area (Å²) in [6.45, 7) is 0. The third-order valence-corrected chi connectivity index (χ3v) is 1.98. The largest absolute Gasteiger partial charge is 0.294 e. The van der Waals surface area contributed by atoms with Gasteiger partial charge in [-0.05, 0) is 17.2 Å². The van der Waals surface area contributed by atoms with E-state index in [0.717, 1.165) is 11.1 Å². The van der Waals surface area contributed by atoms with E-state index in [4.69, 9.17) is 0 Å². The van der Waals surface area contributed by atoms with Crippen molar-refractivity contribution in [3.05, 3.63) is 47.7 Å². The second kappa shape index (κ2) is 3.35. The number of ketones is 1. The highest BCUT2D eigenvalue weighted by molar-refractivity contribution is 5.95. The van der Waals surface area contributed by atoms with Gasteiger partial charge in [0.1, 0.15) is 0 Å². The average molecular weight is 171 g/mol. The summed E-state index contributed by atoms with van der Waals surface area (Å²) in [5, 5.41) is 0. The molecule has 2 rings (SSSR count). The van der Waals surface area contributed by atoms with Crippen molar-refractivity contribution in [2.24, 2.45) is 4.99 Å². The molecule has 0 fully saturated rings. The Bertz CT molecular complexity index is 391. The fourth-order valence-corrected chi connectivity index (χ4v) is 1.32. The van der Waals surface area contributed by atoms with Crippen molar-refractivity contribution in [1.29, 1.82) is 0 Å². The van der Waals surface area contributed by atoms with Crippen LogP contribution in [0.2, 0.25) is 0 Å². The summed E-state index contributed by atoms with van der Waals surface area (Å²) in [6.07, 6.45) is 5.29. The van der Waals surface area contributed by atoms with Gasteiger partial charge in [0.15, 0.2) is 5.78 Å². The summed E-state index contributed by atoms with van der Waals surface area (Å²) in [5.41, 5.74) is 2.07. The normalized spacial score (nSPS) is 14.9. The van der Waals surface area contributed by atoms with E-state index in [1.165, 1.54) is 12.3 Å². The molecular formula is C11H9NO. The molecule has 1 aliphatic rings. The van der Waals surface area contributed by atoms with E-state index in [1.54, 1.807) is 6.21 Å². The first-order valence-corrected chi connectivity index (χ1v) is 4.17. The molecule has 0 unspecified atom stereocenters. The minimum absolute atomic E-state index is 0.101. The van der Waals surface area contributed by atoms with E-state index >= 15 is 0 Å². The maximum atomic E-state index is 11.2. The molecule has 13 heavy (non-hydrogen) atoms. The molecule has 2 nitrogen and oxygen atoms in total. The molecule has 0 aliphatic carbocycles. The van der Waals surface area contributed by atoms with Crippen molar-refractivity contribution < 1.29 is 4.79 Å². The lowest BCUT2D eigenvalue weighted by Crippen LogP contribution is -2.03. The van der Waals surface area contributed by atoms with Gasteiger partial charge in [-0.1, -0.05) is 24.3 Å². The second-order valence-electron chi connectivity index (χ2n) is 2.94. The van der Waals surface area contributed by atoms with Crippen LogP contribution in [0.15, 0.2) is 41.5 Å². The highest BCUT2D eigenvalue weighted by Gasteiger charge is 2.04. The highest BCUT2D eigenvalue weighted by Crippen LogP contribution is 2.09. The molecule has 1 aliphatic heterocycles. The van der Waals surface area contributed by atoms with Crippen LogP contribution in [0.1, 0.15) is 11.1 Å². The number of hydrogen-bond acceptors (Lipinski definition) is 2. The summed E-state index contributed by atoms with van der Waals surface area (Å²) < 4.78 is 0. The molecule has 0 radical (unpaired) electrons. The predicted octanol–water partition coefficient (Wildman–Crippen LogP) is 1.74. The number of fused-ring (bicyclic) bond motifs is 1. The van der Waals surface area contributed by atoms with Gasteiger partial charge in [0.05, 0.1) is 0 Å². The van der Waals surface area contributed by atoms with Gasteiger partial charge in [-0.15, -0.1) is 0 Å². The molecular weight excluding hydrogens is 162 g/mol. The van der Waals surface area contributed by atoms with Gasteiger partial charge in [-0.3, -0.25) is 9.79 Å². The van der Waals surface area contributed by atoms with Crippen molar-refractivity contribution in [3.8, 4) is 0 Å². The van der Waals surface area contributed by atoms with Crippen LogP contribution in [0.5, 0.6) is 0 Å². The van der Waals surface area contributed by atoms with Crippen molar-refractivity contribution in [2.45, 2.75) is 6.42 Å². The molecule has 2 heteroatoms. The lowest BCUT2D eigenvalue weighted by molar-refractivity contribution is -0.114. The summed E-state index contributed by atoms with van der Waals surface area (Å²) in [7, 11) is 0. The molecule has 1 aromatic carbocycles. The first kappa shape index (κ1) is 7.92. The number of aliphatic imine (C=N–C) groups is 1. The number of carbonyl (C=O) groups is 1. The smallest absolute Gasteiger partial charge is 0.161 e. The van der Waals surface area contributed by atoms with E-state index in [0.29, 0.717) is 6.42 Å². The number of rotatable bonds is 0. The molecule has 0 saturated heterocycles. The number of hydrogen-bond donors (Lipinski definition) is 0. The Morgan fingerprint density at radius 2 is 2.08 bits per heavy atom. The quantitative estimate of drug-likeness (QED) is 0.584. The number of carbonyl (C=O) groups excluding carboxylic acids is 1.